The summed E-state index contributed by atoms with van der Waals surface area (Å²) in [6.45, 7) is 4.48. The molecular weight excluding hydrogens is 444 g/mol. The second-order valence-corrected chi connectivity index (χ2v) is 9.60. The van der Waals surface area contributed by atoms with Crippen LogP contribution in [-0.2, 0) is 14.3 Å². The Morgan fingerprint density at radius 2 is 1.71 bits per heavy atom. The van der Waals surface area contributed by atoms with E-state index in [1.165, 1.54) is 0 Å². The molecule has 2 amide bonds. The molecule has 2 aliphatic rings. The van der Waals surface area contributed by atoms with Crippen LogP contribution in [0.25, 0.3) is 11.1 Å². The lowest BCUT2D eigenvalue weighted by atomic mass is 9.91. The van der Waals surface area contributed by atoms with Crippen LogP contribution in [-0.4, -0.2) is 53.2 Å². The number of carboxylic acids is 1. The van der Waals surface area contributed by atoms with E-state index >= 15 is 0 Å². The number of piperidine rings is 1. The summed E-state index contributed by atoms with van der Waals surface area (Å²) in [7, 11) is 0. The summed E-state index contributed by atoms with van der Waals surface area (Å²) in [5.41, 5.74) is 4.59. The molecule has 0 aromatic heterocycles. The van der Waals surface area contributed by atoms with Crippen LogP contribution in [0.2, 0.25) is 0 Å². The summed E-state index contributed by atoms with van der Waals surface area (Å²) in [6, 6.07) is 15.4. The molecule has 1 aliphatic heterocycles. The van der Waals surface area contributed by atoms with Crippen molar-refractivity contribution in [2.75, 3.05) is 13.2 Å². The highest BCUT2D eigenvalue weighted by Gasteiger charge is 2.36. The smallest absolute Gasteiger partial charge is 0.407 e. The van der Waals surface area contributed by atoms with Gasteiger partial charge in [0, 0.05) is 18.5 Å². The minimum Gasteiger partial charge on any atom is -0.481 e. The molecule has 2 aromatic rings. The van der Waals surface area contributed by atoms with E-state index in [9.17, 15) is 19.5 Å². The summed E-state index contributed by atoms with van der Waals surface area (Å²) >= 11 is 0. The van der Waals surface area contributed by atoms with E-state index in [0.29, 0.717) is 25.8 Å². The van der Waals surface area contributed by atoms with Crippen molar-refractivity contribution in [1.29, 1.82) is 0 Å². The molecule has 186 valence electrons. The monoisotopic (exact) mass is 478 g/mol. The maximum atomic E-state index is 13.3. The summed E-state index contributed by atoms with van der Waals surface area (Å²) in [5.74, 6) is -1.46. The molecule has 4 rings (SSSR count). The van der Waals surface area contributed by atoms with Gasteiger partial charge < -0.3 is 20.1 Å². The lowest BCUT2D eigenvalue weighted by Crippen LogP contribution is -2.54. The van der Waals surface area contributed by atoms with Gasteiger partial charge in [0.25, 0.3) is 0 Å². The second kappa shape index (κ2) is 10.9. The summed E-state index contributed by atoms with van der Waals surface area (Å²) in [6.07, 6.45) is 2.45. The molecule has 1 heterocycles. The number of ether oxygens (including phenoxy) is 1. The van der Waals surface area contributed by atoms with E-state index in [2.05, 4.69) is 29.6 Å². The van der Waals surface area contributed by atoms with E-state index in [-0.39, 0.29) is 24.5 Å². The molecule has 7 heteroatoms. The normalized spacial score (nSPS) is 20.0. The van der Waals surface area contributed by atoms with Gasteiger partial charge in [-0.3, -0.25) is 9.59 Å². The molecule has 1 saturated heterocycles. The third kappa shape index (κ3) is 5.34. The number of benzene rings is 2. The number of carbonyl (C=O) groups excluding carboxylic acids is 2. The molecule has 1 fully saturated rings. The Morgan fingerprint density at radius 3 is 2.29 bits per heavy atom. The van der Waals surface area contributed by atoms with Gasteiger partial charge in [-0.1, -0.05) is 68.3 Å². The number of aliphatic carboxylic acids is 1. The van der Waals surface area contributed by atoms with Gasteiger partial charge in [0.2, 0.25) is 5.91 Å². The predicted molar refractivity (Wildman–Crippen MR) is 133 cm³/mol. The lowest BCUT2D eigenvalue weighted by Gasteiger charge is -2.38. The molecule has 0 spiro atoms. The van der Waals surface area contributed by atoms with Gasteiger partial charge in [-0.15, -0.1) is 0 Å². The van der Waals surface area contributed by atoms with Gasteiger partial charge in [0.05, 0.1) is 5.92 Å². The molecule has 35 heavy (non-hydrogen) atoms. The third-order valence-corrected chi connectivity index (χ3v) is 7.29. The Kier molecular flexibility index (Phi) is 7.73. The van der Waals surface area contributed by atoms with Crippen LogP contribution in [0, 0.1) is 5.92 Å². The van der Waals surface area contributed by atoms with Crippen molar-refractivity contribution in [3.8, 4) is 11.1 Å². The minimum atomic E-state index is -0.816. The van der Waals surface area contributed by atoms with Gasteiger partial charge in [-0.05, 0) is 48.4 Å². The number of hydrogen-bond acceptors (Lipinski definition) is 4. The summed E-state index contributed by atoms with van der Waals surface area (Å²) < 4.78 is 5.66. The minimum absolute atomic E-state index is 0.0481. The van der Waals surface area contributed by atoms with Crippen molar-refractivity contribution < 1.29 is 24.2 Å². The molecule has 0 bridgehead atoms. The van der Waals surface area contributed by atoms with Gasteiger partial charge in [0.15, 0.2) is 0 Å². The quantitative estimate of drug-likeness (QED) is 0.568. The van der Waals surface area contributed by atoms with Crippen LogP contribution in [0.15, 0.2) is 48.5 Å². The average molecular weight is 479 g/mol. The van der Waals surface area contributed by atoms with Gasteiger partial charge in [-0.25, -0.2) is 4.79 Å². The summed E-state index contributed by atoms with van der Waals surface area (Å²) in [5, 5.41) is 12.1. The van der Waals surface area contributed by atoms with Crippen LogP contribution < -0.4 is 5.32 Å². The maximum absolute atomic E-state index is 13.3. The van der Waals surface area contributed by atoms with Gasteiger partial charge in [0.1, 0.15) is 12.6 Å². The highest BCUT2D eigenvalue weighted by atomic mass is 16.5. The van der Waals surface area contributed by atoms with Crippen molar-refractivity contribution in [2.24, 2.45) is 5.92 Å². The first-order valence-electron chi connectivity index (χ1n) is 12.6. The van der Waals surface area contributed by atoms with Crippen molar-refractivity contribution in [2.45, 2.75) is 64.0 Å². The molecule has 7 nitrogen and oxygen atoms in total. The van der Waals surface area contributed by atoms with Crippen molar-refractivity contribution in [3.05, 3.63) is 59.7 Å². The van der Waals surface area contributed by atoms with E-state index in [0.717, 1.165) is 35.1 Å². The molecule has 0 saturated carbocycles. The predicted octanol–water partition coefficient (Wildman–Crippen LogP) is 4.80. The van der Waals surface area contributed by atoms with Crippen LogP contribution in [0.1, 0.15) is 63.0 Å². The van der Waals surface area contributed by atoms with Crippen molar-refractivity contribution >= 4 is 18.0 Å². The molecule has 2 N–H and O–H groups in total. The Labute approximate surface area is 206 Å². The van der Waals surface area contributed by atoms with Crippen LogP contribution >= 0.6 is 0 Å². The van der Waals surface area contributed by atoms with Crippen LogP contribution in [0.3, 0.4) is 0 Å². The van der Waals surface area contributed by atoms with Crippen LogP contribution in [0.4, 0.5) is 4.79 Å². The third-order valence-electron chi connectivity index (χ3n) is 7.29. The summed E-state index contributed by atoms with van der Waals surface area (Å²) in [4.78, 5) is 39.2. The molecule has 1 unspecified atom stereocenters. The standard InChI is InChI=1S/C28H34N2O5/c1-3-4-13-25(26(31)30-15-14-19(27(32)33)16-18(30)2)29-28(34)35-17-24-22-11-7-5-9-20(22)21-10-6-8-12-23(21)24/h5-12,18-19,24-25H,3-4,13-17H2,1-2H3,(H,29,34)(H,32,33)/t18-,19-,25?/m0/s1. The second-order valence-electron chi connectivity index (χ2n) is 9.60. The number of amides is 2. The number of hydrogen-bond donors (Lipinski definition) is 2. The molecule has 1 aliphatic carbocycles. The zero-order valence-electron chi connectivity index (χ0n) is 20.4. The number of likely N-dealkylation sites (tertiary alicyclic amines) is 1. The Bertz CT molecular complexity index is 1040. The zero-order valence-corrected chi connectivity index (χ0v) is 20.4. The molecule has 3 atom stereocenters. The Morgan fingerprint density at radius 1 is 1.09 bits per heavy atom. The average Bonchev–Trinajstić information content (AvgIpc) is 3.18. The van der Waals surface area contributed by atoms with E-state index in [1.807, 2.05) is 38.1 Å². The number of alkyl carbamates (subject to hydrolysis) is 1. The first-order chi connectivity index (χ1) is 16.9. The molecule has 0 radical (unpaired) electrons. The van der Waals surface area contributed by atoms with Crippen LogP contribution in [0.5, 0.6) is 0 Å². The molecule has 2 aromatic carbocycles. The topological polar surface area (TPSA) is 95.9 Å². The highest BCUT2D eigenvalue weighted by Crippen LogP contribution is 2.44. The van der Waals surface area contributed by atoms with Gasteiger partial charge in [-0.2, -0.15) is 0 Å². The van der Waals surface area contributed by atoms with Crippen molar-refractivity contribution in [3.63, 3.8) is 0 Å². The number of carbonyl (C=O) groups is 3. The zero-order chi connectivity index (χ0) is 24.9. The SMILES string of the molecule is CCCCC(NC(=O)OCC1c2ccccc2-c2ccccc21)C(=O)N1CC[C@H](C(=O)O)C[C@@H]1C. The van der Waals surface area contributed by atoms with E-state index < -0.39 is 24.0 Å². The Hall–Kier alpha value is -3.35. The first kappa shape index (κ1) is 24.8. The fraction of sp³-hybridized carbons (Fsp3) is 0.464. The van der Waals surface area contributed by atoms with Gasteiger partial charge >= 0.3 is 12.1 Å². The van der Waals surface area contributed by atoms with E-state index in [4.69, 9.17) is 4.74 Å². The fourth-order valence-electron chi connectivity index (χ4n) is 5.37. The first-order valence-corrected chi connectivity index (χ1v) is 12.6. The number of carboxylic acid groups (broad SMARTS) is 1. The number of unbranched alkanes of at least 4 members (excludes halogenated alkanes) is 1. The Balaban J connectivity index is 1.40. The number of nitrogens with one attached hydrogen (secondary N) is 1. The highest BCUT2D eigenvalue weighted by molar-refractivity contribution is 5.86. The number of rotatable bonds is 8. The largest absolute Gasteiger partial charge is 0.481 e. The van der Waals surface area contributed by atoms with E-state index in [1.54, 1.807) is 4.90 Å². The van der Waals surface area contributed by atoms with Crippen molar-refractivity contribution in [1.82, 2.24) is 10.2 Å². The maximum Gasteiger partial charge on any atom is 0.407 e. The number of fused-ring (bicyclic) bond motifs is 3. The fourth-order valence-corrected chi connectivity index (χ4v) is 5.37. The lowest BCUT2D eigenvalue weighted by molar-refractivity contribution is -0.148. The number of nitrogens with zero attached hydrogens (tertiary/aromatic N) is 1. The molecular formula is C28H34N2O5.